The number of methoxy groups -OCH3 is 1. The van der Waals surface area contributed by atoms with Crippen LogP contribution in [0.1, 0.15) is 60.5 Å². The van der Waals surface area contributed by atoms with Gasteiger partial charge in [0.15, 0.2) is 5.78 Å². The summed E-state index contributed by atoms with van der Waals surface area (Å²) in [4.78, 5) is 13.3. The molecule has 0 N–H and O–H groups in total. The summed E-state index contributed by atoms with van der Waals surface area (Å²) in [5, 5.41) is 1.51. The average molecular weight is 384 g/mol. The van der Waals surface area contributed by atoms with Crippen LogP contribution in [0.15, 0.2) is 48.5 Å². The summed E-state index contributed by atoms with van der Waals surface area (Å²) in [6, 6.07) is 15.1. The number of benzene rings is 2. The molecule has 0 saturated heterocycles. The first-order valence-electron chi connectivity index (χ1n) is 9.51. The fraction of sp³-hybridized carbons (Fsp3) is 0.348. The van der Waals surface area contributed by atoms with Crippen LogP contribution in [0, 0.1) is 6.92 Å². The minimum atomic E-state index is -0.0995. The minimum Gasteiger partial charge on any atom is -0.361 e. The zero-order valence-corrected chi connectivity index (χ0v) is 16.9. The van der Waals surface area contributed by atoms with Crippen molar-refractivity contribution in [3.8, 4) is 0 Å². The van der Waals surface area contributed by atoms with Gasteiger partial charge in [-0.2, -0.15) is 0 Å². The molecule has 1 aromatic heterocycles. The molecule has 1 atom stereocenters. The predicted molar refractivity (Wildman–Crippen MR) is 112 cm³/mol. The average Bonchev–Trinajstić information content (AvgIpc) is 2.96. The first-order chi connectivity index (χ1) is 13.1. The SMILES string of the molecule is CCCCCC(OC)n1c(C)c(C(=O)c2ccccc2)c2cc(Cl)ccc21. The molecule has 3 aromatic rings. The second-order valence-electron chi connectivity index (χ2n) is 6.87. The van der Waals surface area contributed by atoms with Gasteiger partial charge >= 0.3 is 0 Å². The van der Waals surface area contributed by atoms with Gasteiger partial charge in [0.25, 0.3) is 0 Å². The molecule has 27 heavy (non-hydrogen) atoms. The zero-order chi connectivity index (χ0) is 19.4. The fourth-order valence-corrected chi connectivity index (χ4v) is 3.90. The summed E-state index contributed by atoms with van der Waals surface area (Å²) in [5.41, 5.74) is 3.29. The second-order valence-corrected chi connectivity index (χ2v) is 7.31. The Labute approximate surface area is 165 Å². The molecule has 0 aliphatic carbocycles. The number of carbonyl (C=O) groups excluding carboxylic acids is 1. The lowest BCUT2D eigenvalue weighted by Crippen LogP contribution is -2.14. The fourth-order valence-electron chi connectivity index (χ4n) is 3.73. The number of rotatable bonds is 8. The smallest absolute Gasteiger partial charge is 0.195 e. The summed E-state index contributed by atoms with van der Waals surface area (Å²) in [6.07, 6.45) is 4.23. The number of unbranched alkanes of at least 4 members (excludes halogenated alkanes) is 2. The summed E-state index contributed by atoms with van der Waals surface area (Å²) in [6.45, 7) is 4.19. The summed E-state index contributed by atoms with van der Waals surface area (Å²) < 4.78 is 7.97. The van der Waals surface area contributed by atoms with Gasteiger partial charge in [-0.3, -0.25) is 4.79 Å². The van der Waals surface area contributed by atoms with Crippen molar-refractivity contribution in [2.75, 3.05) is 7.11 Å². The molecule has 0 radical (unpaired) electrons. The van der Waals surface area contributed by atoms with Crippen LogP contribution in [0.4, 0.5) is 0 Å². The van der Waals surface area contributed by atoms with Gasteiger partial charge in [0.05, 0.1) is 11.1 Å². The number of hydrogen-bond acceptors (Lipinski definition) is 2. The van der Waals surface area contributed by atoms with Gasteiger partial charge < -0.3 is 9.30 Å². The Balaban J connectivity index is 2.15. The third-order valence-electron chi connectivity index (χ3n) is 5.09. The van der Waals surface area contributed by atoms with Crippen LogP contribution >= 0.6 is 11.6 Å². The van der Waals surface area contributed by atoms with Gasteiger partial charge in [-0.1, -0.05) is 61.7 Å². The lowest BCUT2D eigenvalue weighted by atomic mass is 10.0. The standard InChI is InChI=1S/C23H26ClNO2/c1-4-5-7-12-21(27-3)25-16(2)22(19-15-18(24)13-14-20(19)25)23(26)17-10-8-6-9-11-17/h6,8-11,13-15,21H,4-5,7,12H2,1-3H3. The van der Waals surface area contributed by atoms with E-state index in [1.807, 2.05) is 55.5 Å². The molecule has 0 bridgehead atoms. The van der Waals surface area contributed by atoms with Gasteiger partial charge in [0.1, 0.15) is 6.23 Å². The van der Waals surface area contributed by atoms with Crippen molar-refractivity contribution in [1.29, 1.82) is 0 Å². The van der Waals surface area contributed by atoms with E-state index in [-0.39, 0.29) is 12.0 Å². The van der Waals surface area contributed by atoms with Gasteiger partial charge in [-0.25, -0.2) is 0 Å². The molecular formula is C23H26ClNO2. The topological polar surface area (TPSA) is 31.2 Å². The van der Waals surface area contributed by atoms with Crippen molar-refractivity contribution in [1.82, 2.24) is 4.57 Å². The number of carbonyl (C=O) groups is 1. The molecule has 4 heteroatoms. The van der Waals surface area contributed by atoms with Crippen LogP contribution in [-0.4, -0.2) is 17.5 Å². The lowest BCUT2D eigenvalue weighted by Gasteiger charge is -2.20. The predicted octanol–water partition coefficient (Wildman–Crippen LogP) is 6.56. The highest BCUT2D eigenvalue weighted by atomic mass is 35.5. The molecular weight excluding hydrogens is 358 g/mol. The van der Waals surface area contributed by atoms with Crippen molar-refractivity contribution in [2.24, 2.45) is 0 Å². The number of nitrogens with zero attached hydrogens (tertiary/aromatic N) is 1. The number of fused-ring (bicyclic) bond motifs is 1. The minimum absolute atomic E-state index is 0.0162. The molecule has 0 saturated carbocycles. The molecule has 3 rings (SSSR count). The third-order valence-corrected chi connectivity index (χ3v) is 5.32. The van der Waals surface area contributed by atoms with Crippen molar-refractivity contribution in [3.63, 3.8) is 0 Å². The monoisotopic (exact) mass is 383 g/mol. The van der Waals surface area contributed by atoms with E-state index in [2.05, 4.69) is 11.5 Å². The van der Waals surface area contributed by atoms with Crippen LogP contribution in [0.25, 0.3) is 10.9 Å². The normalized spacial score (nSPS) is 12.4. The molecule has 1 unspecified atom stereocenters. The Hall–Kier alpha value is -2.10. The number of halogens is 1. The van der Waals surface area contributed by atoms with E-state index in [1.165, 1.54) is 6.42 Å². The maximum Gasteiger partial charge on any atom is 0.195 e. The van der Waals surface area contributed by atoms with Crippen LogP contribution in [-0.2, 0) is 4.74 Å². The van der Waals surface area contributed by atoms with E-state index in [9.17, 15) is 4.79 Å². The molecule has 0 amide bonds. The Morgan fingerprint density at radius 3 is 2.56 bits per heavy atom. The summed E-state index contributed by atoms with van der Waals surface area (Å²) in [7, 11) is 1.73. The highest BCUT2D eigenvalue weighted by Gasteiger charge is 2.24. The van der Waals surface area contributed by atoms with E-state index in [1.54, 1.807) is 7.11 Å². The van der Waals surface area contributed by atoms with Crippen LogP contribution in [0.5, 0.6) is 0 Å². The first-order valence-corrected chi connectivity index (χ1v) is 9.88. The molecule has 0 aliphatic heterocycles. The van der Waals surface area contributed by atoms with Crippen molar-refractivity contribution < 1.29 is 9.53 Å². The maximum absolute atomic E-state index is 13.3. The molecule has 1 heterocycles. The number of ether oxygens (including phenoxy) is 1. The summed E-state index contributed by atoms with van der Waals surface area (Å²) in [5.74, 6) is 0.0162. The quantitative estimate of drug-likeness (QED) is 0.326. The molecule has 142 valence electrons. The van der Waals surface area contributed by atoms with E-state index < -0.39 is 0 Å². The van der Waals surface area contributed by atoms with Crippen molar-refractivity contribution in [2.45, 2.75) is 45.8 Å². The van der Waals surface area contributed by atoms with Crippen molar-refractivity contribution in [3.05, 3.63) is 70.4 Å². The Morgan fingerprint density at radius 1 is 1.15 bits per heavy atom. The van der Waals surface area contributed by atoms with Gasteiger partial charge in [-0.15, -0.1) is 0 Å². The van der Waals surface area contributed by atoms with Crippen molar-refractivity contribution >= 4 is 28.3 Å². The number of hydrogen-bond donors (Lipinski definition) is 0. The first kappa shape index (κ1) is 19.7. The molecule has 2 aromatic carbocycles. The zero-order valence-electron chi connectivity index (χ0n) is 16.2. The van der Waals surface area contributed by atoms with Gasteiger partial charge in [0, 0.05) is 28.8 Å². The number of aromatic nitrogens is 1. The van der Waals surface area contributed by atoms with Crippen LogP contribution < -0.4 is 0 Å². The Kier molecular flexibility index (Phi) is 6.35. The van der Waals surface area contributed by atoms with Gasteiger partial charge in [-0.05, 0) is 38.0 Å². The largest absolute Gasteiger partial charge is 0.361 e. The highest BCUT2D eigenvalue weighted by Crippen LogP contribution is 2.34. The number of ketones is 1. The highest BCUT2D eigenvalue weighted by molar-refractivity contribution is 6.31. The maximum atomic E-state index is 13.3. The van der Waals surface area contributed by atoms with E-state index in [4.69, 9.17) is 16.3 Å². The second kappa shape index (κ2) is 8.73. The molecule has 3 nitrogen and oxygen atoms in total. The molecule has 0 spiro atoms. The van der Waals surface area contributed by atoms with E-state index in [0.717, 1.165) is 35.9 Å². The Morgan fingerprint density at radius 2 is 1.89 bits per heavy atom. The van der Waals surface area contributed by atoms with E-state index in [0.29, 0.717) is 16.1 Å². The third kappa shape index (κ3) is 3.95. The van der Waals surface area contributed by atoms with E-state index >= 15 is 0 Å². The summed E-state index contributed by atoms with van der Waals surface area (Å²) >= 11 is 6.27. The Bertz CT molecular complexity index is 930. The van der Waals surface area contributed by atoms with Crippen LogP contribution in [0.2, 0.25) is 5.02 Å². The van der Waals surface area contributed by atoms with Gasteiger partial charge in [0.2, 0.25) is 0 Å². The molecule has 0 aliphatic rings. The molecule has 0 fully saturated rings. The van der Waals surface area contributed by atoms with Crippen LogP contribution in [0.3, 0.4) is 0 Å². The lowest BCUT2D eigenvalue weighted by molar-refractivity contribution is 0.0369.